The van der Waals surface area contributed by atoms with Crippen LogP contribution in [0.4, 0.5) is 0 Å². The van der Waals surface area contributed by atoms with Gasteiger partial charge in [0.25, 0.3) is 5.82 Å². The number of hydrogen-bond acceptors (Lipinski definition) is 2. The number of carbonyl (C=O) groups excluding carboxylic acids is 1. The van der Waals surface area contributed by atoms with Crippen LogP contribution >= 0.6 is 0 Å². The molecule has 0 saturated heterocycles. The molecule has 1 heterocycles. The fourth-order valence-corrected chi connectivity index (χ4v) is 2.22. The fraction of sp³-hybridized carbons (Fsp3) is 0.333. The van der Waals surface area contributed by atoms with Crippen molar-refractivity contribution in [3.63, 3.8) is 0 Å². The molecule has 0 amide bonds. The van der Waals surface area contributed by atoms with Gasteiger partial charge in [-0.1, -0.05) is 37.3 Å². The van der Waals surface area contributed by atoms with Crippen molar-refractivity contribution in [3.05, 3.63) is 54.1 Å². The molecular weight excluding hydrogens is 240 g/mol. The van der Waals surface area contributed by atoms with E-state index in [4.69, 9.17) is 0 Å². The molecule has 2 aromatic rings. The average molecular weight is 258 g/mol. The summed E-state index contributed by atoms with van der Waals surface area (Å²) in [7, 11) is 0. The number of carbonyl (C=O) groups is 1. The Morgan fingerprint density at radius 2 is 2.05 bits per heavy atom. The molecule has 0 aliphatic rings. The average Bonchev–Trinajstić information content (AvgIpc) is 2.74. The summed E-state index contributed by atoms with van der Waals surface area (Å²) >= 11 is 0. The number of aliphatic carboxylic acids is 1. The van der Waals surface area contributed by atoms with E-state index in [9.17, 15) is 9.90 Å². The topological polar surface area (TPSA) is 48.9 Å². The van der Waals surface area contributed by atoms with E-state index >= 15 is 0 Å². The van der Waals surface area contributed by atoms with E-state index in [2.05, 4.69) is 23.6 Å². The van der Waals surface area contributed by atoms with Crippen molar-refractivity contribution in [1.82, 2.24) is 4.57 Å². The largest absolute Gasteiger partial charge is 0.546 e. The maximum atomic E-state index is 10.8. The Labute approximate surface area is 112 Å². The third kappa shape index (κ3) is 3.44. The van der Waals surface area contributed by atoms with Crippen LogP contribution in [0.5, 0.6) is 0 Å². The van der Waals surface area contributed by atoms with Crippen molar-refractivity contribution in [1.29, 1.82) is 0 Å². The molecule has 100 valence electrons. The molecule has 19 heavy (non-hydrogen) atoms. The van der Waals surface area contributed by atoms with Gasteiger partial charge < -0.3 is 9.90 Å². The number of aromatic nitrogens is 2. The number of carboxylic acid groups (broad SMARTS) is 1. The highest BCUT2D eigenvalue weighted by atomic mass is 16.4. The van der Waals surface area contributed by atoms with Crippen LogP contribution in [-0.2, 0) is 24.3 Å². The fourth-order valence-electron chi connectivity index (χ4n) is 2.22. The van der Waals surface area contributed by atoms with Gasteiger partial charge in [0.2, 0.25) is 0 Å². The Morgan fingerprint density at radius 1 is 1.32 bits per heavy atom. The van der Waals surface area contributed by atoms with E-state index in [0.29, 0.717) is 0 Å². The summed E-state index contributed by atoms with van der Waals surface area (Å²) in [4.78, 5) is 10.8. The molecule has 4 nitrogen and oxygen atoms in total. The lowest BCUT2D eigenvalue weighted by molar-refractivity contribution is -0.695. The van der Waals surface area contributed by atoms with E-state index in [1.54, 1.807) is 4.57 Å². The first-order chi connectivity index (χ1) is 9.20. The Balaban J connectivity index is 2.24. The molecular formula is C15H18N2O2. The monoisotopic (exact) mass is 258 g/mol. The van der Waals surface area contributed by atoms with Crippen molar-refractivity contribution in [2.24, 2.45) is 0 Å². The second-order valence-electron chi connectivity index (χ2n) is 4.58. The first-order valence-electron chi connectivity index (χ1n) is 6.52. The molecule has 0 bridgehead atoms. The minimum atomic E-state index is -1.06. The van der Waals surface area contributed by atoms with Crippen LogP contribution in [0.25, 0.3) is 0 Å². The number of nitrogens with zero attached hydrogens (tertiary/aromatic N) is 2. The van der Waals surface area contributed by atoms with Gasteiger partial charge in [0.05, 0.1) is 5.97 Å². The Bertz CT molecular complexity index is 547. The zero-order chi connectivity index (χ0) is 13.7. The van der Waals surface area contributed by atoms with Gasteiger partial charge in [0.15, 0.2) is 0 Å². The Hall–Kier alpha value is -2.10. The summed E-state index contributed by atoms with van der Waals surface area (Å²) in [6, 6.07) is 10.1. The summed E-state index contributed by atoms with van der Waals surface area (Å²) in [6.45, 7) is 2.76. The normalized spacial score (nSPS) is 10.6. The quantitative estimate of drug-likeness (QED) is 0.710. The van der Waals surface area contributed by atoms with Gasteiger partial charge in [-0.25, -0.2) is 9.13 Å². The second-order valence-corrected chi connectivity index (χ2v) is 4.58. The van der Waals surface area contributed by atoms with Crippen molar-refractivity contribution in [2.45, 2.75) is 32.9 Å². The van der Waals surface area contributed by atoms with Crippen LogP contribution in [0.15, 0.2) is 42.7 Å². The first kappa shape index (κ1) is 13.3. The predicted molar refractivity (Wildman–Crippen MR) is 69.2 cm³/mol. The van der Waals surface area contributed by atoms with Crippen LogP contribution < -0.4 is 9.67 Å². The third-order valence-corrected chi connectivity index (χ3v) is 3.06. The van der Waals surface area contributed by atoms with Crippen molar-refractivity contribution in [2.75, 3.05) is 0 Å². The number of benzene rings is 1. The van der Waals surface area contributed by atoms with Crippen molar-refractivity contribution >= 4 is 5.97 Å². The smallest absolute Gasteiger partial charge is 0.256 e. The summed E-state index contributed by atoms with van der Waals surface area (Å²) < 4.78 is 3.85. The van der Waals surface area contributed by atoms with Gasteiger partial charge in [-0.2, -0.15) is 0 Å². The van der Waals surface area contributed by atoms with E-state index in [0.717, 1.165) is 25.2 Å². The van der Waals surface area contributed by atoms with E-state index in [1.807, 2.05) is 30.6 Å². The van der Waals surface area contributed by atoms with Crippen LogP contribution in [0.2, 0.25) is 0 Å². The molecule has 0 unspecified atom stereocenters. The third-order valence-electron chi connectivity index (χ3n) is 3.06. The number of rotatable bonds is 6. The number of imidazole rings is 1. The minimum Gasteiger partial charge on any atom is -0.546 e. The van der Waals surface area contributed by atoms with Crippen LogP contribution in [0, 0.1) is 0 Å². The zero-order valence-electron chi connectivity index (χ0n) is 11.1. The molecule has 0 spiro atoms. The molecule has 0 saturated carbocycles. The standard InChI is InChI=1S/C15H18N2O2/c1-2-6-14-16(9-10-17(14)12-15(18)19)11-13-7-4-3-5-8-13/h3-5,7-10H,2,6,11-12H2,1H3. The molecule has 0 radical (unpaired) electrons. The summed E-state index contributed by atoms with van der Waals surface area (Å²) in [5.41, 5.74) is 1.20. The maximum Gasteiger partial charge on any atom is 0.256 e. The number of carboxylic acids is 1. The van der Waals surface area contributed by atoms with Crippen LogP contribution in [-0.4, -0.2) is 10.5 Å². The minimum absolute atomic E-state index is 0.0862. The highest BCUT2D eigenvalue weighted by Crippen LogP contribution is 2.03. The first-order valence-corrected chi connectivity index (χ1v) is 6.52. The van der Waals surface area contributed by atoms with Gasteiger partial charge in [0, 0.05) is 6.42 Å². The Kier molecular flexibility index (Phi) is 4.34. The summed E-state index contributed by atoms with van der Waals surface area (Å²) in [5, 5.41) is 10.8. The Morgan fingerprint density at radius 3 is 2.68 bits per heavy atom. The predicted octanol–water partition coefficient (Wildman–Crippen LogP) is 0.526. The molecule has 1 aromatic heterocycles. The van der Waals surface area contributed by atoms with Crippen molar-refractivity contribution in [3.8, 4) is 0 Å². The van der Waals surface area contributed by atoms with Gasteiger partial charge >= 0.3 is 0 Å². The van der Waals surface area contributed by atoms with E-state index in [-0.39, 0.29) is 6.54 Å². The molecule has 0 aliphatic carbocycles. The SMILES string of the molecule is CCCc1n(CC(=O)[O-])cc[n+]1Cc1ccccc1. The lowest BCUT2D eigenvalue weighted by Crippen LogP contribution is -2.39. The van der Waals surface area contributed by atoms with Crippen molar-refractivity contribution < 1.29 is 14.5 Å². The molecule has 0 N–H and O–H groups in total. The van der Waals surface area contributed by atoms with Crippen LogP contribution in [0.1, 0.15) is 24.7 Å². The zero-order valence-corrected chi connectivity index (χ0v) is 11.1. The molecule has 1 aromatic carbocycles. The van der Waals surface area contributed by atoms with Crippen LogP contribution in [0.3, 0.4) is 0 Å². The summed E-state index contributed by atoms with van der Waals surface area (Å²) in [5.74, 6) is -0.0321. The molecule has 0 atom stereocenters. The van der Waals surface area contributed by atoms with Gasteiger partial charge in [-0.05, 0) is 12.0 Å². The lowest BCUT2D eigenvalue weighted by atomic mass is 10.2. The van der Waals surface area contributed by atoms with Gasteiger partial charge in [-0.15, -0.1) is 0 Å². The molecule has 4 heteroatoms. The lowest BCUT2D eigenvalue weighted by Gasteiger charge is -2.05. The molecule has 0 fully saturated rings. The second kappa shape index (κ2) is 6.18. The maximum absolute atomic E-state index is 10.8. The molecule has 0 aliphatic heterocycles. The van der Waals surface area contributed by atoms with E-state index in [1.165, 1.54) is 5.56 Å². The number of hydrogen-bond donors (Lipinski definition) is 0. The highest BCUT2D eigenvalue weighted by molar-refractivity contribution is 5.64. The van der Waals surface area contributed by atoms with Gasteiger partial charge in [0.1, 0.15) is 25.5 Å². The molecule has 2 rings (SSSR count). The highest BCUT2D eigenvalue weighted by Gasteiger charge is 2.16. The summed E-state index contributed by atoms with van der Waals surface area (Å²) in [6.07, 6.45) is 5.57. The van der Waals surface area contributed by atoms with Gasteiger partial charge in [-0.3, -0.25) is 0 Å². The van der Waals surface area contributed by atoms with E-state index < -0.39 is 5.97 Å².